The molecule has 78 valence electrons. The molecule has 1 heteroatoms. The normalized spacial score (nSPS) is 22.3. The van der Waals surface area contributed by atoms with Crippen LogP contribution in [-0.4, -0.2) is 0 Å². The Morgan fingerprint density at radius 2 is 2.00 bits per heavy atom. The molecule has 0 aromatic heterocycles. The van der Waals surface area contributed by atoms with E-state index in [1.807, 2.05) is 24.3 Å². The van der Waals surface area contributed by atoms with E-state index in [9.17, 15) is 4.39 Å². The van der Waals surface area contributed by atoms with E-state index in [4.69, 9.17) is 0 Å². The smallest absolute Gasteiger partial charge is 0.101 e. The molecule has 0 bridgehead atoms. The first-order valence-electron chi connectivity index (χ1n) is 5.35. The van der Waals surface area contributed by atoms with Gasteiger partial charge in [-0.3, -0.25) is 0 Å². The summed E-state index contributed by atoms with van der Waals surface area (Å²) in [5.41, 5.74) is 1.28. The Kier molecular flexibility index (Phi) is 3.00. The minimum absolute atomic E-state index is 0.00900. The SMILES string of the molecule is CC(c1ccccc1)C1C=CC=C(F)C1. The van der Waals surface area contributed by atoms with Gasteiger partial charge in [0, 0.05) is 6.42 Å². The van der Waals surface area contributed by atoms with Crippen molar-refractivity contribution in [3.05, 3.63) is 60.0 Å². The Morgan fingerprint density at radius 3 is 2.67 bits per heavy atom. The molecule has 0 saturated carbocycles. The fourth-order valence-electron chi connectivity index (χ4n) is 2.01. The van der Waals surface area contributed by atoms with Gasteiger partial charge in [0.1, 0.15) is 5.83 Å². The second-order valence-electron chi connectivity index (χ2n) is 4.07. The minimum Gasteiger partial charge on any atom is -0.212 e. The molecule has 15 heavy (non-hydrogen) atoms. The average Bonchev–Trinajstić information content (AvgIpc) is 2.29. The number of hydrogen-bond acceptors (Lipinski definition) is 0. The number of benzene rings is 1. The lowest BCUT2D eigenvalue weighted by molar-refractivity contribution is 0.465. The predicted octanol–water partition coefficient (Wildman–Crippen LogP) is 4.22. The van der Waals surface area contributed by atoms with Crippen molar-refractivity contribution in [3.63, 3.8) is 0 Å². The van der Waals surface area contributed by atoms with Gasteiger partial charge in [0.15, 0.2) is 0 Å². The van der Waals surface area contributed by atoms with E-state index >= 15 is 0 Å². The van der Waals surface area contributed by atoms with Gasteiger partial charge in [0.2, 0.25) is 0 Å². The molecule has 2 unspecified atom stereocenters. The lowest BCUT2D eigenvalue weighted by Crippen LogP contribution is -2.09. The van der Waals surface area contributed by atoms with Crippen molar-refractivity contribution < 1.29 is 4.39 Å². The van der Waals surface area contributed by atoms with Gasteiger partial charge in [-0.05, 0) is 23.5 Å². The number of allylic oxidation sites excluding steroid dienone is 4. The molecule has 0 heterocycles. The summed E-state index contributed by atoms with van der Waals surface area (Å²) in [6, 6.07) is 10.3. The zero-order valence-corrected chi connectivity index (χ0v) is 8.86. The third-order valence-electron chi connectivity index (χ3n) is 3.03. The molecule has 2 rings (SSSR count). The maximum atomic E-state index is 13.1. The van der Waals surface area contributed by atoms with Crippen LogP contribution in [0.1, 0.15) is 24.8 Å². The lowest BCUT2D eigenvalue weighted by Gasteiger charge is -2.22. The lowest BCUT2D eigenvalue weighted by atomic mass is 9.83. The van der Waals surface area contributed by atoms with Crippen LogP contribution in [0, 0.1) is 5.92 Å². The summed E-state index contributed by atoms with van der Waals surface area (Å²) in [4.78, 5) is 0. The van der Waals surface area contributed by atoms with Gasteiger partial charge in [-0.1, -0.05) is 49.4 Å². The van der Waals surface area contributed by atoms with Gasteiger partial charge < -0.3 is 0 Å². The van der Waals surface area contributed by atoms with Gasteiger partial charge in [-0.2, -0.15) is 0 Å². The summed E-state index contributed by atoms with van der Waals surface area (Å²) in [5.74, 6) is 0.657. The summed E-state index contributed by atoms with van der Waals surface area (Å²) in [6.07, 6.45) is 6.00. The number of hydrogen-bond donors (Lipinski definition) is 0. The van der Waals surface area contributed by atoms with Crippen molar-refractivity contribution in [2.75, 3.05) is 0 Å². The standard InChI is InChI=1S/C14H15F/c1-11(12-6-3-2-4-7-12)13-8-5-9-14(15)10-13/h2-9,11,13H,10H2,1H3. The Labute approximate surface area is 90.1 Å². The van der Waals surface area contributed by atoms with Crippen LogP contribution in [0.25, 0.3) is 0 Å². The van der Waals surface area contributed by atoms with Crippen LogP contribution < -0.4 is 0 Å². The van der Waals surface area contributed by atoms with Crippen LogP contribution >= 0.6 is 0 Å². The zero-order valence-electron chi connectivity index (χ0n) is 8.86. The fraction of sp³-hybridized carbons (Fsp3) is 0.286. The Morgan fingerprint density at radius 1 is 1.27 bits per heavy atom. The van der Waals surface area contributed by atoms with E-state index < -0.39 is 0 Å². The average molecular weight is 202 g/mol. The summed E-state index contributed by atoms with van der Waals surface area (Å²) in [7, 11) is 0. The Hall–Kier alpha value is -1.37. The van der Waals surface area contributed by atoms with Crippen LogP contribution in [0.3, 0.4) is 0 Å². The van der Waals surface area contributed by atoms with Crippen LogP contribution in [-0.2, 0) is 0 Å². The van der Waals surface area contributed by atoms with Crippen molar-refractivity contribution in [1.29, 1.82) is 0 Å². The highest BCUT2D eigenvalue weighted by Gasteiger charge is 2.19. The summed E-state index contributed by atoms with van der Waals surface area (Å²) >= 11 is 0. The van der Waals surface area contributed by atoms with Crippen LogP contribution in [0.15, 0.2) is 54.4 Å². The molecule has 1 aliphatic carbocycles. The van der Waals surface area contributed by atoms with E-state index in [2.05, 4.69) is 25.1 Å². The van der Waals surface area contributed by atoms with Crippen molar-refractivity contribution >= 4 is 0 Å². The first-order valence-corrected chi connectivity index (χ1v) is 5.35. The van der Waals surface area contributed by atoms with Gasteiger partial charge >= 0.3 is 0 Å². The molecule has 0 nitrogen and oxygen atoms in total. The summed E-state index contributed by atoms with van der Waals surface area (Å²) < 4.78 is 13.1. The first kappa shape index (κ1) is 10.2. The highest BCUT2D eigenvalue weighted by Crippen LogP contribution is 2.32. The third kappa shape index (κ3) is 2.35. The summed E-state index contributed by atoms with van der Waals surface area (Å²) in [5, 5.41) is 0. The predicted molar refractivity (Wildman–Crippen MR) is 61.3 cm³/mol. The molecule has 0 fully saturated rings. The zero-order chi connectivity index (χ0) is 10.7. The van der Waals surface area contributed by atoms with E-state index in [1.165, 1.54) is 5.56 Å². The van der Waals surface area contributed by atoms with Crippen molar-refractivity contribution in [3.8, 4) is 0 Å². The molecule has 0 radical (unpaired) electrons. The van der Waals surface area contributed by atoms with E-state index in [1.54, 1.807) is 6.08 Å². The van der Waals surface area contributed by atoms with Crippen molar-refractivity contribution in [2.24, 2.45) is 5.92 Å². The maximum absolute atomic E-state index is 13.1. The van der Waals surface area contributed by atoms with Crippen LogP contribution in [0.4, 0.5) is 4.39 Å². The quantitative estimate of drug-likeness (QED) is 0.673. The van der Waals surface area contributed by atoms with Crippen molar-refractivity contribution in [2.45, 2.75) is 19.3 Å². The molecule has 0 amide bonds. The maximum Gasteiger partial charge on any atom is 0.101 e. The molecule has 0 saturated heterocycles. The second kappa shape index (κ2) is 4.43. The Balaban J connectivity index is 2.13. The largest absolute Gasteiger partial charge is 0.212 e. The monoisotopic (exact) mass is 202 g/mol. The molecule has 2 atom stereocenters. The molecule has 0 aliphatic heterocycles. The molecule has 0 N–H and O–H groups in total. The molecule has 1 aromatic carbocycles. The van der Waals surface area contributed by atoms with Gasteiger partial charge in [-0.25, -0.2) is 4.39 Å². The molecule has 1 aromatic rings. The number of halogens is 1. The van der Waals surface area contributed by atoms with Crippen LogP contribution in [0.2, 0.25) is 0 Å². The second-order valence-corrected chi connectivity index (χ2v) is 4.07. The third-order valence-corrected chi connectivity index (χ3v) is 3.03. The minimum atomic E-state index is -0.00900. The molecule has 0 spiro atoms. The first-order chi connectivity index (χ1) is 7.27. The molecule has 1 aliphatic rings. The highest BCUT2D eigenvalue weighted by molar-refractivity contribution is 5.24. The molecular formula is C14H15F. The van der Waals surface area contributed by atoms with Gasteiger partial charge in [-0.15, -0.1) is 0 Å². The molecular weight excluding hydrogens is 187 g/mol. The highest BCUT2D eigenvalue weighted by atomic mass is 19.1. The van der Waals surface area contributed by atoms with Gasteiger partial charge in [0.05, 0.1) is 0 Å². The number of rotatable bonds is 2. The fourth-order valence-corrected chi connectivity index (χ4v) is 2.01. The van der Waals surface area contributed by atoms with Gasteiger partial charge in [0.25, 0.3) is 0 Å². The Bertz CT molecular complexity index is 376. The topological polar surface area (TPSA) is 0 Å². The van der Waals surface area contributed by atoms with E-state index in [0.717, 1.165) is 0 Å². The van der Waals surface area contributed by atoms with E-state index in [-0.39, 0.29) is 11.7 Å². The van der Waals surface area contributed by atoms with E-state index in [0.29, 0.717) is 12.3 Å². The van der Waals surface area contributed by atoms with Crippen molar-refractivity contribution in [1.82, 2.24) is 0 Å². The summed E-state index contributed by atoms with van der Waals surface area (Å²) in [6.45, 7) is 2.16. The van der Waals surface area contributed by atoms with Crippen LogP contribution in [0.5, 0.6) is 0 Å².